The Bertz CT molecular complexity index is 475. The largest absolute Gasteiger partial charge is 0.480 e. The van der Waals surface area contributed by atoms with E-state index in [-0.39, 0.29) is 10.5 Å². The highest BCUT2D eigenvalue weighted by Crippen LogP contribution is 2.20. The van der Waals surface area contributed by atoms with E-state index < -0.39 is 37.2 Å². The average molecular weight is 291 g/mol. The van der Waals surface area contributed by atoms with Crippen LogP contribution in [0.1, 0.15) is 11.7 Å². The molecule has 0 aliphatic heterocycles. The molecule has 5 nitrogen and oxygen atoms in total. The number of alkyl halides is 3. The standard InChI is InChI=1S/C12H12F3NO4/c13-12(14,15)7-16(6-9(17)18)11(20)10(19)8-4-2-1-3-5-8/h1-5,10,19H,6-7H2,(H,17,18). The number of aliphatic hydroxyl groups excluding tert-OH is 1. The Hall–Kier alpha value is -2.09. The van der Waals surface area contributed by atoms with Gasteiger partial charge in [-0.15, -0.1) is 0 Å². The highest BCUT2D eigenvalue weighted by Gasteiger charge is 2.36. The molecule has 0 spiro atoms. The van der Waals surface area contributed by atoms with Gasteiger partial charge in [-0.05, 0) is 5.56 Å². The van der Waals surface area contributed by atoms with Gasteiger partial charge < -0.3 is 15.1 Å². The summed E-state index contributed by atoms with van der Waals surface area (Å²) in [4.78, 5) is 22.3. The Kier molecular flexibility index (Phi) is 5.09. The van der Waals surface area contributed by atoms with Crippen molar-refractivity contribution in [2.45, 2.75) is 12.3 Å². The second-order valence-electron chi connectivity index (χ2n) is 4.02. The Balaban J connectivity index is 2.89. The van der Waals surface area contributed by atoms with E-state index in [0.29, 0.717) is 0 Å². The first-order valence-electron chi connectivity index (χ1n) is 5.51. The number of aliphatic carboxylic acids is 1. The average Bonchev–Trinajstić information content (AvgIpc) is 2.35. The third-order valence-corrected chi connectivity index (χ3v) is 2.36. The molecule has 0 heterocycles. The van der Waals surface area contributed by atoms with Crippen LogP contribution in [0.5, 0.6) is 0 Å². The SMILES string of the molecule is O=C(O)CN(CC(F)(F)F)C(=O)C(O)c1ccccc1. The fraction of sp³-hybridized carbons (Fsp3) is 0.333. The molecule has 1 aromatic rings. The molecule has 1 amide bonds. The van der Waals surface area contributed by atoms with Crippen molar-refractivity contribution < 1.29 is 33.0 Å². The summed E-state index contributed by atoms with van der Waals surface area (Å²) < 4.78 is 36.9. The molecule has 0 fully saturated rings. The second kappa shape index (κ2) is 6.38. The van der Waals surface area contributed by atoms with E-state index in [1.807, 2.05) is 0 Å². The zero-order valence-electron chi connectivity index (χ0n) is 10.2. The lowest BCUT2D eigenvalue weighted by Gasteiger charge is -2.24. The van der Waals surface area contributed by atoms with Crippen molar-refractivity contribution in [1.29, 1.82) is 0 Å². The molecule has 1 aromatic carbocycles. The predicted molar refractivity (Wildman–Crippen MR) is 61.7 cm³/mol. The molecule has 2 N–H and O–H groups in total. The molecule has 0 bridgehead atoms. The number of hydrogen-bond acceptors (Lipinski definition) is 3. The summed E-state index contributed by atoms with van der Waals surface area (Å²) in [6.07, 6.45) is -6.58. The van der Waals surface area contributed by atoms with Crippen molar-refractivity contribution in [3.05, 3.63) is 35.9 Å². The minimum absolute atomic E-state index is 0.0556. The summed E-state index contributed by atoms with van der Waals surface area (Å²) in [5.41, 5.74) is 0.0927. The lowest BCUT2D eigenvalue weighted by atomic mass is 10.1. The molecule has 0 radical (unpaired) electrons. The molecule has 0 aliphatic carbocycles. The van der Waals surface area contributed by atoms with E-state index in [2.05, 4.69) is 0 Å². The molecule has 0 saturated carbocycles. The Morgan fingerprint density at radius 3 is 2.20 bits per heavy atom. The number of carbonyl (C=O) groups excluding carboxylic acids is 1. The van der Waals surface area contributed by atoms with Gasteiger partial charge in [0.05, 0.1) is 0 Å². The van der Waals surface area contributed by atoms with Gasteiger partial charge in [0.25, 0.3) is 5.91 Å². The first-order valence-corrected chi connectivity index (χ1v) is 5.51. The van der Waals surface area contributed by atoms with Crippen LogP contribution < -0.4 is 0 Å². The molecule has 1 unspecified atom stereocenters. The minimum atomic E-state index is -4.75. The Labute approximate surface area is 112 Å². The molecule has 0 aliphatic rings. The maximum Gasteiger partial charge on any atom is 0.406 e. The van der Waals surface area contributed by atoms with Crippen molar-refractivity contribution in [3.63, 3.8) is 0 Å². The number of hydrogen-bond donors (Lipinski definition) is 2. The molecular formula is C12H12F3NO4. The van der Waals surface area contributed by atoms with Crippen LogP contribution in [0, 0.1) is 0 Å². The third kappa shape index (κ3) is 4.88. The van der Waals surface area contributed by atoms with Gasteiger partial charge in [0.15, 0.2) is 6.10 Å². The van der Waals surface area contributed by atoms with Gasteiger partial charge in [0.1, 0.15) is 13.1 Å². The minimum Gasteiger partial charge on any atom is -0.480 e. The second-order valence-corrected chi connectivity index (χ2v) is 4.02. The van der Waals surface area contributed by atoms with E-state index in [1.165, 1.54) is 24.3 Å². The van der Waals surface area contributed by atoms with E-state index >= 15 is 0 Å². The molecule has 0 aromatic heterocycles. The summed E-state index contributed by atoms with van der Waals surface area (Å²) in [7, 11) is 0. The highest BCUT2D eigenvalue weighted by molar-refractivity contribution is 5.85. The molecular weight excluding hydrogens is 279 g/mol. The van der Waals surface area contributed by atoms with E-state index in [1.54, 1.807) is 6.07 Å². The van der Waals surface area contributed by atoms with Gasteiger partial charge in [0.2, 0.25) is 0 Å². The summed E-state index contributed by atoms with van der Waals surface area (Å²) in [5, 5.41) is 18.3. The number of carboxylic acids is 1. The van der Waals surface area contributed by atoms with Crippen molar-refractivity contribution in [1.82, 2.24) is 4.90 Å². The number of amides is 1. The highest BCUT2D eigenvalue weighted by atomic mass is 19.4. The fourth-order valence-electron chi connectivity index (χ4n) is 1.54. The van der Waals surface area contributed by atoms with Crippen LogP contribution in [0.15, 0.2) is 30.3 Å². The quantitative estimate of drug-likeness (QED) is 0.854. The Morgan fingerprint density at radius 2 is 1.75 bits per heavy atom. The lowest BCUT2D eigenvalue weighted by Crippen LogP contribution is -2.44. The monoisotopic (exact) mass is 291 g/mol. The maximum atomic E-state index is 12.3. The number of nitrogens with zero attached hydrogens (tertiary/aromatic N) is 1. The molecule has 1 rings (SSSR count). The number of benzene rings is 1. The summed E-state index contributed by atoms with van der Waals surface area (Å²) in [5.74, 6) is -2.90. The van der Waals surface area contributed by atoms with Gasteiger partial charge in [-0.3, -0.25) is 9.59 Å². The third-order valence-electron chi connectivity index (χ3n) is 2.36. The van der Waals surface area contributed by atoms with Gasteiger partial charge in [-0.25, -0.2) is 0 Å². The number of carbonyl (C=O) groups is 2. The Morgan fingerprint density at radius 1 is 1.20 bits per heavy atom. The van der Waals surface area contributed by atoms with Crippen LogP contribution >= 0.6 is 0 Å². The normalized spacial score (nSPS) is 12.8. The number of halogens is 3. The summed E-state index contributed by atoms with van der Waals surface area (Å²) in [6.45, 7) is -2.87. The van der Waals surface area contributed by atoms with Crippen molar-refractivity contribution in [3.8, 4) is 0 Å². The zero-order valence-corrected chi connectivity index (χ0v) is 10.2. The van der Waals surface area contributed by atoms with Crippen LogP contribution in [0.4, 0.5) is 13.2 Å². The van der Waals surface area contributed by atoms with Crippen molar-refractivity contribution in [2.75, 3.05) is 13.1 Å². The van der Waals surface area contributed by atoms with E-state index in [0.717, 1.165) is 0 Å². The smallest absolute Gasteiger partial charge is 0.406 e. The molecule has 110 valence electrons. The van der Waals surface area contributed by atoms with Crippen LogP contribution in [-0.4, -0.2) is 46.3 Å². The number of rotatable bonds is 5. The van der Waals surface area contributed by atoms with Gasteiger partial charge in [-0.1, -0.05) is 30.3 Å². The van der Waals surface area contributed by atoms with Crippen LogP contribution in [0.3, 0.4) is 0 Å². The lowest BCUT2D eigenvalue weighted by molar-refractivity contribution is -0.170. The van der Waals surface area contributed by atoms with Crippen molar-refractivity contribution >= 4 is 11.9 Å². The van der Waals surface area contributed by atoms with E-state index in [4.69, 9.17) is 5.11 Å². The molecule has 1 atom stereocenters. The number of carboxylic acid groups (broad SMARTS) is 1. The van der Waals surface area contributed by atoms with Crippen LogP contribution in [0.2, 0.25) is 0 Å². The van der Waals surface area contributed by atoms with E-state index in [9.17, 15) is 27.9 Å². The zero-order chi connectivity index (χ0) is 15.3. The molecule has 0 saturated heterocycles. The van der Waals surface area contributed by atoms with Gasteiger partial charge in [-0.2, -0.15) is 13.2 Å². The van der Waals surface area contributed by atoms with Gasteiger partial charge >= 0.3 is 12.1 Å². The summed E-state index contributed by atoms with van der Waals surface area (Å²) in [6, 6.07) is 7.31. The first kappa shape index (κ1) is 16.0. The van der Waals surface area contributed by atoms with Crippen molar-refractivity contribution in [2.24, 2.45) is 0 Å². The topological polar surface area (TPSA) is 77.8 Å². The van der Waals surface area contributed by atoms with Crippen LogP contribution in [0.25, 0.3) is 0 Å². The molecule has 8 heteroatoms. The number of aliphatic hydroxyl groups is 1. The van der Waals surface area contributed by atoms with Crippen LogP contribution in [-0.2, 0) is 9.59 Å². The molecule has 20 heavy (non-hydrogen) atoms. The maximum absolute atomic E-state index is 12.3. The predicted octanol–water partition coefficient (Wildman–Crippen LogP) is 1.20. The first-order chi connectivity index (χ1) is 9.20. The fourth-order valence-corrected chi connectivity index (χ4v) is 1.54. The van der Waals surface area contributed by atoms with Gasteiger partial charge in [0, 0.05) is 0 Å². The summed E-state index contributed by atoms with van der Waals surface area (Å²) >= 11 is 0.